The average molecular weight is 360 g/mol. The van der Waals surface area contributed by atoms with E-state index in [4.69, 9.17) is 4.74 Å². The maximum absolute atomic E-state index is 12.3. The third-order valence-corrected chi connectivity index (χ3v) is 5.69. The van der Waals surface area contributed by atoms with Crippen LogP contribution in [0, 0.1) is 11.8 Å². The number of nitrogens with one attached hydrogen (secondary N) is 2. The molecule has 26 heavy (non-hydrogen) atoms. The van der Waals surface area contributed by atoms with Gasteiger partial charge in [0, 0.05) is 32.6 Å². The van der Waals surface area contributed by atoms with Gasteiger partial charge in [-0.2, -0.15) is 0 Å². The van der Waals surface area contributed by atoms with Crippen LogP contribution < -0.4 is 10.6 Å². The smallest absolute Gasteiger partial charge is 0.220 e. The molecular formula is C21H33N3O2. The maximum atomic E-state index is 12.3. The van der Waals surface area contributed by atoms with Gasteiger partial charge < -0.3 is 15.4 Å². The Labute approximate surface area is 157 Å². The summed E-state index contributed by atoms with van der Waals surface area (Å²) in [5.41, 5.74) is 2.49. The van der Waals surface area contributed by atoms with Crippen molar-refractivity contribution >= 4 is 5.91 Å². The predicted octanol–water partition coefficient (Wildman–Crippen LogP) is 2.16. The molecule has 1 atom stereocenters. The summed E-state index contributed by atoms with van der Waals surface area (Å²) < 4.78 is 5.41. The Kier molecular flexibility index (Phi) is 7.47. The molecule has 2 N–H and O–H groups in total. The molecule has 3 rings (SSSR count). The van der Waals surface area contributed by atoms with Crippen molar-refractivity contribution in [3.63, 3.8) is 0 Å². The van der Waals surface area contributed by atoms with Crippen molar-refractivity contribution in [2.45, 2.75) is 39.3 Å². The quantitative estimate of drug-likeness (QED) is 0.783. The van der Waals surface area contributed by atoms with Crippen LogP contribution in [0.15, 0.2) is 24.3 Å². The second-order valence-electron chi connectivity index (χ2n) is 7.75. The first kappa shape index (κ1) is 19.3. The van der Waals surface area contributed by atoms with E-state index in [2.05, 4.69) is 46.7 Å². The fraction of sp³-hybridized carbons (Fsp3) is 0.667. The third kappa shape index (κ3) is 6.08. The van der Waals surface area contributed by atoms with Gasteiger partial charge in [-0.25, -0.2) is 0 Å². The topological polar surface area (TPSA) is 53.6 Å². The van der Waals surface area contributed by atoms with Gasteiger partial charge in [0.15, 0.2) is 0 Å². The zero-order valence-corrected chi connectivity index (χ0v) is 16.0. The summed E-state index contributed by atoms with van der Waals surface area (Å²) in [5, 5.41) is 6.50. The highest BCUT2D eigenvalue weighted by molar-refractivity contribution is 5.76. The first-order valence-corrected chi connectivity index (χ1v) is 10.1. The lowest BCUT2D eigenvalue weighted by atomic mass is 9.84. The summed E-state index contributed by atoms with van der Waals surface area (Å²) >= 11 is 0. The van der Waals surface area contributed by atoms with Crippen molar-refractivity contribution in [2.75, 3.05) is 39.4 Å². The summed E-state index contributed by atoms with van der Waals surface area (Å²) in [5.74, 6) is 1.32. The molecule has 0 bridgehead atoms. The number of benzene rings is 1. The van der Waals surface area contributed by atoms with Crippen molar-refractivity contribution in [1.29, 1.82) is 0 Å². The second-order valence-corrected chi connectivity index (χ2v) is 7.75. The fourth-order valence-corrected chi connectivity index (χ4v) is 4.00. The standard InChI is InChI=1S/C21H33N3O2/c1-17(20-5-7-22-8-6-20)13-21(25)23-15-18-3-2-4-19(14-18)16-24-9-11-26-12-10-24/h2-4,14,17,20,22H,5-13,15-16H2,1H3,(H,23,25). The van der Waals surface area contributed by atoms with Crippen molar-refractivity contribution in [1.82, 2.24) is 15.5 Å². The van der Waals surface area contributed by atoms with Crippen LogP contribution in [0.25, 0.3) is 0 Å². The molecule has 1 unspecified atom stereocenters. The first-order chi connectivity index (χ1) is 12.7. The number of morpholine rings is 1. The minimum absolute atomic E-state index is 0.176. The van der Waals surface area contributed by atoms with Gasteiger partial charge in [0.25, 0.3) is 0 Å². The van der Waals surface area contributed by atoms with E-state index in [1.165, 1.54) is 24.0 Å². The van der Waals surface area contributed by atoms with Crippen molar-refractivity contribution in [2.24, 2.45) is 11.8 Å². The van der Waals surface area contributed by atoms with Crippen LogP contribution in [0.4, 0.5) is 0 Å². The van der Waals surface area contributed by atoms with E-state index in [0.29, 0.717) is 24.8 Å². The number of carbonyl (C=O) groups excluding carboxylic acids is 1. The largest absolute Gasteiger partial charge is 0.379 e. The number of hydrogen-bond donors (Lipinski definition) is 2. The molecule has 0 aliphatic carbocycles. The molecule has 5 nitrogen and oxygen atoms in total. The minimum atomic E-state index is 0.176. The lowest BCUT2D eigenvalue weighted by molar-refractivity contribution is -0.122. The Hall–Kier alpha value is -1.43. The Morgan fingerprint density at radius 1 is 1.27 bits per heavy atom. The summed E-state index contributed by atoms with van der Waals surface area (Å²) in [7, 11) is 0. The van der Waals surface area contributed by atoms with E-state index in [-0.39, 0.29) is 5.91 Å². The monoisotopic (exact) mass is 359 g/mol. The molecule has 2 aliphatic heterocycles. The van der Waals surface area contributed by atoms with Crippen molar-refractivity contribution in [3.05, 3.63) is 35.4 Å². The molecular weight excluding hydrogens is 326 g/mol. The lowest BCUT2D eigenvalue weighted by Crippen LogP contribution is -2.35. The van der Waals surface area contributed by atoms with E-state index in [1.807, 2.05) is 0 Å². The number of amides is 1. The first-order valence-electron chi connectivity index (χ1n) is 10.1. The molecule has 0 aromatic heterocycles. The van der Waals surface area contributed by atoms with Gasteiger partial charge >= 0.3 is 0 Å². The van der Waals surface area contributed by atoms with Gasteiger partial charge in [-0.15, -0.1) is 0 Å². The molecule has 2 heterocycles. The maximum Gasteiger partial charge on any atom is 0.220 e. The zero-order valence-electron chi connectivity index (χ0n) is 16.0. The van der Waals surface area contributed by atoms with E-state index in [9.17, 15) is 4.79 Å². The molecule has 0 spiro atoms. The van der Waals surface area contributed by atoms with E-state index < -0.39 is 0 Å². The van der Waals surface area contributed by atoms with Gasteiger partial charge in [-0.1, -0.05) is 31.2 Å². The van der Waals surface area contributed by atoms with Gasteiger partial charge in [0.05, 0.1) is 13.2 Å². The summed E-state index contributed by atoms with van der Waals surface area (Å²) in [6.07, 6.45) is 3.02. The van der Waals surface area contributed by atoms with Gasteiger partial charge in [0.2, 0.25) is 5.91 Å². The number of nitrogens with zero attached hydrogens (tertiary/aromatic N) is 1. The number of piperidine rings is 1. The molecule has 1 aromatic carbocycles. The lowest BCUT2D eigenvalue weighted by Gasteiger charge is -2.28. The normalized spacial score (nSPS) is 20.7. The Balaban J connectivity index is 1.43. The number of hydrogen-bond acceptors (Lipinski definition) is 4. The molecule has 5 heteroatoms. The molecule has 144 valence electrons. The Bertz CT molecular complexity index is 566. The SMILES string of the molecule is CC(CC(=O)NCc1cccc(CN2CCOCC2)c1)C1CCNCC1. The summed E-state index contributed by atoms with van der Waals surface area (Å²) in [4.78, 5) is 14.7. The van der Waals surface area contributed by atoms with Crippen LogP contribution in [0.1, 0.15) is 37.3 Å². The number of carbonyl (C=O) groups is 1. The predicted molar refractivity (Wildman–Crippen MR) is 104 cm³/mol. The molecule has 2 fully saturated rings. The molecule has 2 saturated heterocycles. The Morgan fingerprint density at radius 2 is 2.00 bits per heavy atom. The van der Waals surface area contributed by atoms with Crippen molar-refractivity contribution in [3.8, 4) is 0 Å². The minimum Gasteiger partial charge on any atom is -0.379 e. The fourth-order valence-electron chi connectivity index (χ4n) is 4.00. The number of rotatable bonds is 7. The summed E-state index contributed by atoms with van der Waals surface area (Å²) in [6, 6.07) is 8.57. The van der Waals surface area contributed by atoms with Crippen LogP contribution in [0.2, 0.25) is 0 Å². The van der Waals surface area contributed by atoms with E-state index >= 15 is 0 Å². The molecule has 1 aromatic rings. The van der Waals surface area contributed by atoms with Gasteiger partial charge in [0.1, 0.15) is 0 Å². The second kappa shape index (κ2) is 10.0. The average Bonchev–Trinajstić information content (AvgIpc) is 2.68. The van der Waals surface area contributed by atoms with E-state index in [1.54, 1.807) is 0 Å². The van der Waals surface area contributed by atoms with Crippen LogP contribution >= 0.6 is 0 Å². The van der Waals surface area contributed by atoms with Crippen LogP contribution in [-0.4, -0.2) is 50.2 Å². The highest BCUT2D eigenvalue weighted by atomic mass is 16.5. The molecule has 0 radical (unpaired) electrons. The highest BCUT2D eigenvalue weighted by Gasteiger charge is 2.21. The zero-order chi connectivity index (χ0) is 18.2. The van der Waals surface area contributed by atoms with E-state index in [0.717, 1.165) is 45.9 Å². The molecule has 1 amide bonds. The van der Waals surface area contributed by atoms with Crippen LogP contribution in [0.5, 0.6) is 0 Å². The Morgan fingerprint density at radius 3 is 2.77 bits per heavy atom. The molecule has 0 saturated carbocycles. The number of ether oxygens (including phenoxy) is 1. The van der Waals surface area contributed by atoms with Crippen molar-refractivity contribution < 1.29 is 9.53 Å². The summed E-state index contributed by atoms with van der Waals surface area (Å²) in [6.45, 7) is 9.62. The highest BCUT2D eigenvalue weighted by Crippen LogP contribution is 2.24. The van der Waals surface area contributed by atoms with Crippen LogP contribution in [0.3, 0.4) is 0 Å². The van der Waals surface area contributed by atoms with Gasteiger partial charge in [-0.05, 0) is 48.9 Å². The van der Waals surface area contributed by atoms with Gasteiger partial charge in [-0.3, -0.25) is 9.69 Å². The third-order valence-electron chi connectivity index (χ3n) is 5.69. The molecule has 2 aliphatic rings. The van der Waals surface area contributed by atoms with Crippen LogP contribution in [-0.2, 0) is 22.6 Å².